The maximum Gasteiger partial charge on any atom is 0.616 e. The quantitative estimate of drug-likeness (QED) is 0.450. The van der Waals surface area contributed by atoms with E-state index in [1.807, 2.05) is 0 Å². The Bertz CT molecular complexity index is 62.0. The van der Waals surface area contributed by atoms with Crippen molar-refractivity contribution < 1.29 is 12.3 Å². The fraction of sp³-hybridized carbons (Fsp3) is 1.00. The van der Waals surface area contributed by atoms with Crippen molar-refractivity contribution in [3.63, 3.8) is 0 Å². The van der Waals surface area contributed by atoms with Crippen molar-refractivity contribution in [3.05, 3.63) is 0 Å². The second-order valence-electron chi connectivity index (χ2n) is 1.36. The van der Waals surface area contributed by atoms with E-state index in [0.717, 1.165) is 0 Å². The van der Waals surface area contributed by atoms with Crippen LogP contribution in [0.3, 0.4) is 0 Å². The summed E-state index contributed by atoms with van der Waals surface area (Å²) < 4.78 is 34.1. The van der Waals surface area contributed by atoms with E-state index in [9.17, 15) is 12.3 Å². The van der Waals surface area contributed by atoms with Crippen molar-refractivity contribution in [2.75, 3.05) is 12.0 Å². The highest BCUT2D eigenvalue weighted by Gasteiger charge is 2.35. The lowest BCUT2D eigenvalue weighted by atomic mass is 11.0. The minimum Gasteiger partial charge on any atom is -0.238 e. The molecule has 0 fully saturated rings. The number of thioether (sulfide) groups is 1. The Labute approximate surface area is 52.0 Å². The first-order valence-electron chi connectivity index (χ1n) is 2.12. The summed E-state index contributed by atoms with van der Waals surface area (Å²) in [6.07, 6.45) is 1.68. The average Bonchev–Trinajstić information content (AvgIpc) is 1.59. The molecule has 0 spiro atoms. The molecule has 0 atom stereocenters. The topological polar surface area (TPSA) is 0 Å². The van der Waals surface area contributed by atoms with Gasteiger partial charge >= 0.3 is 9.08 Å². The second kappa shape index (κ2) is 3.40. The third-order valence-electron chi connectivity index (χ3n) is 0.590. The Kier molecular flexibility index (Phi) is 3.55. The summed E-state index contributed by atoms with van der Waals surface area (Å²) in [5.74, 6) is 0.232. The molecule has 0 aliphatic carbocycles. The van der Waals surface area contributed by atoms with Gasteiger partial charge in [0.05, 0.1) is 0 Å². The molecule has 0 aromatic heterocycles. The van der Waals surface area contributed by atoms with Gasteiger partial charge in [0.25, 0.3) is 0 Å². The third kappa shape index (κ3) is 6.36. The van der Waals surface area contributed by atoms with Crippen LogP contribution in [-0.2, 0) is 0 Å². The molecule has 5 heteroatoms. The van der Waals surface area contributed by atoms with Crippen LogP contribution in [0.4, 0.5) is 12.3 Å². The molecule has 0 heterocycles. The van der Waals surface area contributed by atoms with Crippen LogP contribution in [-0.4, -0.2) is 21.1 Å². The molecule has 0 aliphatic heterocycles. The summed E-state index contributed by atoms with van der Waals surface area (Å²) >= 11 is 1.24. The minimum atomic E-state index is -5.20. The molecule has 0 saturated heterocycles. The molecular weight excluding hydrogens is 153 g/mol. The van der Waals surface area contributed by atoms with Crippen LogP contribution in [0.5, 0.6) is 0 Å². The number of hydrogen-bond acceptors (Lipinski definition) is 1. The molecule has 0 aliphatic rings. The summed E-state index contributed by atoms with van der Waals surface area (Å²) in [5, 5.41) is 0. The van der Waals surface area contributed by atoms with Crippen molar-refractivity contribution in [2.45, 2.75) is 6.04 Å². The summed E-state index contributed by atoms with van der Waals surface area (Å²) in [5.41, 5.74) is 0. The van der Waals surface area contributed by atoms with Crippen LogP contribution in [0.2, 0.25) is 6.04 Å². The molecule has 50 valence electrons. The molecule has 0 rings (SSSR count). The number of rotatable bonds is 3. The van der Waals surface area contributed by atoms with Crippen molar-refractivity contribution in [1.82, 2.24) is 0 Å². The van der Waals surface area contributed by atoms with Crippen molar-refractivity contribution in [2.24, 2.45) is 0 Å². The minimum absolute atomic E-state index is 0.232. The maximum atomic E-state index is 11.4. The van der Waals surface area contributed by atoms with E-state index in [1.165, 1.54) is 11.8 Å². The van der Waals surface area contributed by atoms with Gasteiger partial charge < -0.3 is 0 Å². The van der Waals surface area contributed by atoms with Gasteiger partial charge in [-0.1, -0.05) is 0 Å². The van der Waals surface area contributed by atoms with Gasteiger partial charge in [-0.15, -0.1) is 0 Å². The molecule has 8 heavy (non-hydrogen) atoms. The van der Waals surface area contributed by atoms with E-state index in [-0.39, 0.29) is 5.75 Å². The molecule has 0 aromatic rings. The van der Waals surface area contributed by atoms with Gasteiger partial charge in [-0.2, -0.15) is 11.8 Å². The first-order valence-corrected chi connectivity index (χ1v) is 5.35. The molecule has 0 aromatic carbocycles. The zero-order valence-electron chi connectivity index (χ0n) is 4.46. The van der Waals surface area contributed by atoms with Crippen LogP contribution in [0.15, 0.2) is 0 Å². The molecular formula is C3H7F3SSi. The summed E-state index contributed by atoms with van der Waals surface area (Å²) in [4.78, 5) is 0. The van der Waals surface area contributed by atoms with Crippen LogP contribution in [0.1, 0.15) is 0 Å². The number of hydrogen-bond donors (Lipinski definition) is 0. The Morgan fingerprint density at radius 1 is 1.38 bits per heavy atom. The van der Waals surface area contributed by atoms with Gasteiger partial charge in [-0.05, 0) is 12.0 Å². The Morgan fingerprint density at radius 3 is 2.00 bits per heavy atom. The average molecular weight is 160 g/mol. The lowest BCUT2D eigenvalue weighted by molar-refractivity contribution is 0.473. The van der Waals surface area contributed by atoms with Gasteiger partial charge in [-0.25, -0.2) is 12.3 Å². The van der Waals surface area contributed by atoms with Crippen LogP contribution < -0.4 is 0 Å². The monoisotopic (exact) mass is 160 g/mol. The summed E-state index contributed by atoms with van der Waals surface area (Å²) in [7, 11) is -5.20. The first-order chi connectivity index (χ1) is 3.56. The number of halogens is 3. The van der Waals surface area contributed by atoms with E-state index in [4.69, 9.17) is 0 Å². The second-order valence-corrected chi connectivity index (χ2v) is 4.07. The van der Waals surface area contributed by atoms with Crippen molar-refractivity contribution in [3.8, 4) is 0 Å². The maximum absolute atomic E-state index is 11.4. The Balaban J connectivity index is 3.11. The lowest BCUT2D eigenvalue weighted by Crippen LogP contribution is -2.14. The smallest absolute Gasteiger partial charge is 0.238 e. The van der Waals surface area contributed by atoms with Gasteiger partial charge in [0, 0.05) is 6.04 Å². The Hall–Kier alpha value is 0.357. The highest BCUT2D eigenvalue weighted by Crippen LogP contribution is 2.16. The van der Waals surface area contributed by atoms with E-state index in [1.54, 1.807) is 6.26 Å². The fourth-order valence-electron chi connectivity index (χ4n) is 0.218. The van der Waals surface area contributed by atoms with Crippen molar-refractivity contribution in [1.29, 1.82) is 0 Å². The fourth-order valence-corrected chi connectivity index (χ4v) is 1.96. The lowest BCUT2D eigenvalue weighted by Gasteiger charge is -1.97. The summed E-state index contributed by atoms with van der Waals surface area (Å²) in [6, 6.07) is -0.534. The van der Waals surface area contributed by atoms with Crippen LogP contribution in [0.25, 0.3) is 0 Å². The zero-order valence-corrected chi connectivity index (χ0v) is 6.27. The van der Waals surface area contributed by atoms with E-state index < -0.39 is 15.1 Å². The van der Waals surface area contributed by atoms with Gasteiger partial charge in [0.15, 0.2) is 0 Å². The molecule has 0 nitrogen and oxygen atoms in total. The van der Waals surface area contributed by atoms with E-state index >= 15 is 0 Å². The summed E-state index contributed by atoms with van der Waals surface area (Å²) in [6.45, 7) is 0. The van der Waals surface area contributed by atoms with Gasteiger partial charge in [0.2, 0.25) is 0 Å². The molecule has 0 unspecified atom stereocenters. The zero-order chi connectivity index (χ0) is 6.62. The molecule has 0 bridgehead atoms. The third-order valence-corrected chi connectivity index (χ3v) is 2.38. The molecule has 0 radical (unpaired) electrons. The van der Waals surface area contributed by atoms with Crippen LogP contribution in [0, 0.1) is 0 Å². The standard InChI is InChI=1S/C3H7F3SSi/c1-7-2-3-8(4,5)6/h2-3H2,1H3. The van der Waals surface area contributed by atoms with E-state index in [0.29, 0.717) is 0 Å². The van der Waals surface area contributed by atoms with Gasteiger partial charge in [-0.3, -0.25) is 0 Å². The highest BCUT2D eigenvalue weighted by molar-refractivity contribution is 7.98. The highest BCUT2D eigenvalue weighted by atomic mass is 32.2. The normalized spacial score (nSPS) is 12.0. The predicted molar refractivity (Wildman–Crippen MR) is 32.3 cm³/mol. The van der Waals surface area contributed by atoms with Crippen LogP contribution >= 0.6 is 11.8 Å². The largest absolute Gasteiger partial charge is 0.616 e. The predicted octanol–water partition coefficient (Wildman–Crippen LogP) is 2.20. The van der Waals surface area contributed by atoms with Crippen molar-refractivity contribution >= 4 is 20.8 Å². The van der Waals surface area contributed by atoms with Gasteiger partial charge in [0.1, 0.15) is 0 Å². The molecule has 0 amide bonds. The SMILES string of the molecule is CSCC[Si](F)(F)F. The molecule has 0 N–H and O–H groups in total. The van der Waals surface area contributed by atoms with E-state index in [2.05, 4.69) is 0 Å². The first kappa shape index (κ1) is 8.36. The Morgan fingerprint density at radius 2 is 1.88 bits per heavy atom. The molecule has 0 saturated carbocycles.